The lowest BCUT2D eigenvalue weighted by atomic mass is 10.1. The molecule has 0 spiro atoms. The lowest BCUT2D eigenvalue weighted by Crippen LogP contribution is -2.00. The Bertz CT molecular complexity index is 896. The van der Waals surface area contributed by atoms with Gasteiger partial charge in [0.2, 0.25) is 5.82 Å². The molecule has 26 heavy (non-hydrogen) atoms. The van der Waals surface area contributed by atoms with Crippen molar-refractivity contribution < 1.29 is 18.8 Å². The maximum Gasteiger partial charge on any atom is 0.331 e. The van der Waals surface area contributed by atoms with Crippen molar-refractivity contribution in [1.82, 2.24) is 10.1 Å². The van der Waals surface area contributed by atoms with E-state index in [1.165, 1.54) is 6.08 Å². The minimum atomic E-state index is -0.477. The minimum Gasteiger partial charge on any atom is -0.497 e. The summed E-state index contributed by atoms with van der Waals surface area (Å²) in [6.45, 7) is 1.92. The zero-order valence-electron chi connectivity index (χ0n) is 14.5. The lowest BCUT2D eigenvalue weighted by molar-refractivity contribution is -0.139. The molecule has 3 rings (SSSR count). The summed E-state index contributed by atoms with van der Waals surface area (Å²) in [5.74, 6) is 0.920. The van der Waals surface area contributed by atoms with Crippen molar-refractivity contribution in [2.24, 2.45) is 0 Å². The van der Waals surface area contributed by atoms with Crippen LogP contribution in [0.2, 0.25) is 0 Å². The number of carbonyl (C=O) groups excluding carboxylic acids is 1. The maximum atomic E-state index is 11.8. The van der Waals surface area contributed by atoms with Gasteiger partial charge in [-0.05, 0) is 42.8 Å². The van der Waals surface area contributed by atoms with Gasteiger partial charge in [-0.2, -0.15) is 4.98 Å². The number of aryl methyl sites for hydroxylation is 1. The first-order valence-electron chi connectivity index (χ1n) is 8.02. The van der Waals surface area contributed by atoms with E-state index in [0.29, 0.717) is 5.82 Å². The maximum absolute atomic E-state index is 11.8. The van der Waals surface area contributed by atoms with Gasteiger partial charge in [0.1, 0.15) is 5.75 Å². The van der Waals surface area contributed by atoms with E-state index in [9.17, 15) is 4.79 Å². The molecule has 0 fully saturated rings. The van der Waals surface area contributed by atoms with Crippen LogP contribution < -0.4 is 4.74 Å². The third-order valence-electron chi connectivity index (χ3n) is 3.64. The van der Waals surface area contributed by atoms with E-state index < -0.39 is 5.97 Å². The average Bonchev–Trinajstić information content (AvgIpc) is 3.15. The molecule has 0 atom stereocenters. The molecular weight excluding hydrogens is 332 g/mol. The molecule has 0 aliphatic heterocycles. The molecule has 0 bridgehead atoms. The van der Waals surface area contributed by atoms with Gasteiger partial charge in [0, 0.05) is 11.6 Å². The van der Waals surface area contributed by atoms with Gasteiger partial charge in [0.15, 0.2) is 6.61 Å². The quantitative estimate of drug-likeness (QED) is 0.497. The van der Waals surface area contributed by atoms with Crippen LogP contribution in [0.1, 0.15) is 17.0 Å². The molecule has 0 saturated carbocycles. The van der Waals surface area contributed by atoms with E-state index in [1.807, 2.05) is 43.3 Å². The van der Waals surface area contributed by atoms with Crippen LogP contribution in [0.3, 0.4) is 0 Å². The van der Waals surface area contributed by atoms with Crippen molar-refractivity contribution >= 4 is 12.0 Å². The monoisotopic (exact) mass is 350 g/mol. The fourth-order valence-corrected chi connectivity index (χ4v) is 2.19. The van der Waals surface area contributed by atoms with E-state index in [-0.39, 0.29) is 12.5 Å². The number of esters is 1. The number of hydrogen-bond donors (Lipinski definition) is 0. The van der Waals surface area contributed by atoms with Crippen LogP contribution in [0.4, 0.5) is 0 Å². The molecule has 3 aromatic rings. The average molecular weight is 350 g/mol. The molecule has 0 unspecified atom stereocenters. The Morgan fingerprint density at radius 1 is 1.12 bits per heavy atom. The second-order valence-electron chi connectivity index (χ2n) is 5.59. The molecule has 0 aliphatic carbocycles. The van der Waals surface area contributed by atoms with E-state index in [0.717, 1.165) is 22.4 Å². The van der Waals surface area contributed by atoms with Crippen molar-refractivity contribution in [3.05, 3.63) is 71.6 Å². The number of rotatable bonds is 6. The van der Waals surface area contributed by atoms with Crippen LogP contribution in [0.25, 0.3) is 17.5 Å². The van der Waals surface area contributed by atoms with Crippen molar-refractivity contribution in [1.29, 1.82) is 0 Å². The molecule has 0 amide bonds. The Balaban J connectivity index is 1.55. The Labute approximate surface area is 151 Å². The number of aromatic nitrogens is 2. The number of carbonyl (C=O) groups is 1. The second-order valence-corrected chi connectivity index (χ2v) is 5.59. The zero-order valence-corrected chi connectivity index (χ0v) is 14.5. The Hall–Kier alpha value is -3.41. The van der Waals surface area contributed by atoms with Crippen molar-refractivity contribution in [3.8, 4) is 17.1 Å². The summed E-state index contributed by atoms with van der Waals surface area (Å²) in [4.78, 5) is 16.0. The first kappa shape index (κ1) is 17.4. The normalized spacial score (nSPS) is 10.8. The van der Waals surface area contributed by atoms with Crippen molar-refractivity contribution in [2.75, 3.05) is 7.11 Å². The number of ether oxygens (including phenoxy) is 2. The van der Waals surface area contributed by atoms with Crippen LogP contribution in [-0.4, -0.2) is 23.2 Å². The Morgan fingerprint density at radius 2 is 1.85 bits per heavy atom. The number of hydrogen-bond acceptors (Lipinski definition) is 6. The van der Waals surface area contributed by atoms with Crippen LogP contribution in [0.5, 0.6) is 5.75 Å². The fraction of sp³-hybridized carbons (Fsp3) is 0.150. The smallest absolute Gasteiger partial charge is 0.331 e. The first-order chi connectivity index (χ1) is 12.6. The van der Waals surface area contributed by atoms with E-state index in [1.54, 1.807) is 25.3 Å². The van der Waals surface area contributed by atoms with E-state index in [4.69, 9.17) is 14.0 Å². The second kappa shape index (κ2) is 8.11. The molecule has 0 N–H and O–H groups in total. The topological polar surface area (TPSA) is 74.5 Å². The van der Waals surface area contributed by atoms with Gasteiger partial charge in [-0.1, -0.05) is 35.0 Å². The molecule has 0 saturated heterocycles. The van der Waals surface area contributed by atoms with Crippen LogP contribution >= 0.6 is 0 Å². The fourth-order valence-electron chi connectivity index (χ4n) is 2.19. The third-order valence-corrected chi connectivity index (χ3v) is 3.64. The van der Waals surface area contributed by atoms with Gasteiger partial charge >= 0.3 is 5.97 Å². The first-order valence-corrected chi connectivity index (χ1v) is 8.02. The van der Waals surface area contributed by atoms with Gasteiger partial charge in [-0.15, -0.1) is 0 Å². The summed E-state index contributed by atoms with van der Waals surface area (Å²) in [5, 5.41) is 3.89. The Morgan fingerprint density at radius 3 is 2.54 bits per heavy atom. The van der Waals surface area contributed by atoms with E-state index >= 15 is 0 Å². The van der Waals surface area contributed by atoms with Gasteiger partial charge in [0.25, 0.3) is 5.89 Å². The molecular formula is C20H18N2O4. The van der Waals surface area contributed by atoms with Gasteiger partial charge in [0.05, 0.1) is 7.11 Å². The number of benzene rings is 2. The van der Waals surface area contributed by atoms with E-state index in [2.05, 4.69) is 10.1 Å². The van der Waals surface area contributed by atoms with Gasteiger partial charge in [-0.3, -0.25) is 0 Å². The van der Waals surface area contributed by atoms with Crippen molar-refractivity contribution in [3.63, 3.8) is 0 Å². The highest BCUT2D eigenvalue weighted by Gasteiger charge is 2.10. The highest BCUT2D eigenvalue weighted by Crippen LogP contribution is 2.19. The SMILES string of the molecule is COc1ccc(-c2noc(COC(=O)/C=C/c3ccc(C)cc3)n2)cc1. The highest BCUT2D eigenvalue weighted by atomic mass is 16.6. The summed E-state index contributed by atoms with van der Waals surface area (Å²) in [7, 11) is 1.60. The minimum absolute atomic E-state index is 0.0831. The summed E-state index contributed by atoms with van der Waals surface area (Å²) in [6, 6.07) is 15.1. The molecule has 0 radical (unpaired) electrons. The zero-order chi connectivity index (χ0) is 18.4. The molecule has 1 heterocycles. The standard InChI is InChI=1S/C20H18N2O4/c1-14-3-5-15(6-4-14)7-12-19(23)25-13-18-21-20(22-26-18)16-8-10-17(24-2)11-9-16/h3-12H,13H2,1-2H3/b12-7+. The third kappa shape index (κ3) is 4.57. The highest BCUT2D eigenvalue weighted by molar-refractivity contribution is 5.87. The predicted octanol–water partition coefficient (Wildman–Crippen LogP) is 3.81. The van der Waals surface area contributed by atoms with Gasteiger partial charge < -0.3 is 14.0 Å². The molecule has 6 nitrogen and oxygen atoms in total. The summed E-state index contributed by atoms with van der Waals surface area (Å²) in [5.41, 5.74) is 2.87. The van der Waals surface area contributed by atoms with Crippen LogP contribution in [0, 0.1) is 6.92 Å². The summed E-state index contributed by atoms with van der Waals surface area (Å²) >= 11 is 0. The Kier molecular flexibility index (Phi) is 5.43. The number of nitrogens with zero attached hydrogens (tertiary/aromatic N) is 2. The predicted molar refractivity (Wildman–Crippen MR) is 96.3 cm³/mol. The molecule has 1 aromatic heterocycles. The molecule has 132 valence electrons. The lowest BCUT2D eigenvalue weighted by Gasteiger charge is -1.99. The summed E-state index contributed by atoms with van der Waals surface area (Å²) in [6.07, 6.45) is 3.06. The number of methoxy groups -OCH3 is 1. The molecule has 2 aromatic carbocycles. The molecule has 6 heteroatoms. The van der Waals surface area contributed by atoms with Crippen LogP contribution in [-0.2, 0) is 16.1 Å². The van der Waals surface area contributed by atoms with Crippen LogP contribution in [0.15, 0.2) is 59.1 Å². The molecule has 0 aliphatic rings. The van der Waals surface area contributed by atoms with Crippen molar-refractivity contribution in [2.45, 2.75) is 13.5 Å². The summed E-state index contributed by atoms with van der Waals surface area (Å²) < 4.78 is 15.3. The van der Waals surface area contributed by atoms with Gasteiger partial charge in [-0.25, -0.2) is 4.79 Å². The largest absolute Gasteiger partial charge is 0.497 e.